The van der Waals surface area contributed by atoms with Gasteiger partial charge in [-0.3, -0.25) is 9.36 Å². The first-order valence-electron chi connectivity index (χ1n) is 10.3. The fourth-order valence-electron chi connectivity index (χ4n) is 4.00. The van der Waals surface area contributed by atoms with E-state index in [4.69, 9.17) is 5.73 Å². The van der Waals surface area contributed by atoms with Crippen LogP contribution in [-0.4, -0.2) is 20.3 Å². The molecule has 2 aromatic heterocycles. The SMILES string of the molecule is CC(C)n1c(=O)c(-c2ccc(NSCC3CCCC3)c(F)c2)cc2cnc(N)nc21. The van der Waals surface area contributed by atoms with Crippen molar-refractivity contribution >= 4 is 34.6 Å². The van der Waals surface area contributed by atoms with Crippen LogP contribution in [0.1, 0.15) is 45.6 Å². The maximum Gasteiger partial charge on any atom is 0.260 e. The van der Waals surface area contributed by atoms with Gasteiger partial charge >= 0.3 is 0 Å². The number of nitrogen functional groups attached to an aromatic ring is 1. The summed E-state index contributed by atoms with van der Waals surface area (Å²) >= 11 is 1.55. The van der Waals surface area contributed by atoms with Crippen LogP contribution in [0, 0.1) is 11.7 Å². The molecule has 0 atom stereocenters. The fourth-order valence-corrected chi connectivity index (χ4v) is 4.97. The molecule has 4 rings (SSSR count). The van der Waals surface area contributed by atoms with Crippen LogP contribution < -0.4 is 16.0 Å². The van der Waals surface area contributed by atoms with E-state index in [-0.39, 0.29) is 23.4 Å². The van der Waals surface area contributed by atoms with Crippen LogP contribution in [-0.2, 0) is 0 Å². The Balaban J connectivity index is 1.65. The van der Waals surface area contributed by atoms with Crippen molar-refractivity contribution in [1.29, 1.82) is 0 Å². The van der Waals surface area contributed by atoms with Gasteiger partial charge in [0.2, 0.25) is 5.95 Å². The molecule has 3 aromatic rings. The smallest absolute Gasteiger partial charge is 0.260 e. The zero-order valence-electron chi connectivity index (χ0n) is 17.2. The van der Waals surface area contributed by atoms with Gasteiger partial charge in [0.05, 0.1) is 5.69 Å². The van der Waals surface area contributed by atoms with Crippen molar-refractivity contribution in [1.82, 2.24) is 14.5 Å². The number of rotatable bonds is 6. The number of hydrogen-bond acceptors (Lipinski definition) is 6. The summed E-state index contributed by atoms with van der Waals surface area (Å²) in [6, 6.07) is 6.44. The lowest BCUT2D eigenvalue weighted by Gasteiger charge is -2.16. The van der Waals surface area contributed by atoms with Crippen LogP contribution >= 0.6 is 11.9 Å². The normalized spacial score (nSPS) is 14.7. The number of anilines is 2. The van der Waals surface area contributed by atoms with Gasteiger partial charge in [-0.1, -0.05) is 30.9 Å². The first kappa shape index (κ1) is 20.7. The largest absolute Gasteiger partial charge is 0.368 e. The highest BCUT2D eigenvalue weighted by Crippen LogP contribution is 2.30. The van der Waals surface area contributed by atoms with Crippen molar-refractivity contribution in [3.05, 3.63) is 46.6 Å². The highest BCUT2D eigenvalue weighted by molar-refractivity contribution is 8.00. The third-order valence-corrected chi connectivity index (χ3v) is 6.57. The van der Waals surface area contributed by atoms with E-state index in [2.05, 4.69) is 14.7 Å². The van der Waals surface area contributed by atoms with Crippen LogP contribution in [0.4, 0.5) is 16.0 Å². The summed E-state index contributed by atoms with van der Waals surface area (Å²) < 4.78 is 19.5. The number of fused-ring (bicyclic) bond motifs is 1. The first-order valence-corrected chi connectivity index (χ1v) is 11.3. The number of halogens is 1. The Morgan fingerprint density at radius 3 is 2.77 bits per heavy atom. The molecule has 6 nitrogen and oxygen atoms in total. The molecule has 0 saturated heterocycles. The number of aromatic nitrogens is 3. The fraction of sp³-hybridized carbons (Fsp3) is 0.409. The molecule has 1 aliphatic carbocycles. The summed E-state index contributed by atoms with van der Waals surface area (Å²) in [4.78, 5) is 21.4. The van der Waals surface area contributed by atoms with E-state index in [1.165, 1.54) is 31.7 Å². The maximum absolute atomic E-state index is 14.8. The minimum Gasteiger partial charge on any atom is -0.368 e. The third kappa shape index (κ3) is 4.14. The Morgan fingerprint density at radius 2 is 2.07 bits per heavy atom. The Kier molecular flexibility index (Phi) is 5.94. The van der Waals surface area contributed by atoms with Gasteiger partial charge in [0, 0.05) is 28.9 Å². The van der Waals surface area contributed by atoms with Gasteiger partial charge in [-0.15, -0.1) is 0 Å². The molecular formula is C22H26FN5OS. The zero-order valence-corrected chi connectivity index (χ0v) is 18.0. The van der Waals surface area contributed by atoms with Crippen LogP contribution in [0.25, 0.3) is 22.2 Å². The topological polar surface area (TPSA) is 85.8 Å². The monoisotopic (exact) mass is 427 g/mol. The predicted octanol–water partition coefficient (Wildman–Crippen LogP) is 5.01. The molecule has 1 saturated carbocycles. The molecule has 0 amide bonds. The van der Waals surface area contributed by atoms with Gasteiger partial charge in [-0.25, -0.2) is 9.37 Å². The number of nitrogens with one attached hydrogen (secondary N) is 1. The molecule has 1 aromatic carbocycles. The molecule has 0 aliphatic heterocycles. The summed E-state index contributed by atoms with van der Waals surface area (Å²) in [5, 5.41) is 0.683. The van der Waals surface area contributed by atoms with E-state index >= 15 is 0 Å². The van der Waals surface area contributed by atoms with Crippen LogP contribution in [0.2, 0.25) is 0 Å². The molecule has 3 N–H and O–H groups in total. The van der Waals surface area contributed by atoms with Gasteiger partial charge in [0.25, 0.3) is 5.56 Å². The standard InChI is InChI=1S/C22H26FN5OS/c1-13(2)28-20-16(11-25-22(24)26-20)9-17(21(28)29)15-7-8-19(18(23)10-15)27-30-12-14-5-3-4-6-14/h7-11,13-14,27H,3-6,12H2,1-2H3,(H2,24,25,26). The summed E-state index contributed by atoms with van der Waals surface area (Å²) in [6.07, 6.45) is 6.70. The highest BCUT2D eigenvalue weighted by Gasteiger charge is 2.17. The molecule has 1 fully saturated rings. The summed E-state index contributed by atoms with van der Waals surface area (Å²) in [7, 11) is 0. The summed E-state index contributed by atoms with van der Waals surface area (Å²) in [5.41, 5.74) is 7.33. The number of pyridine rings is 1. The van der Waals surface area contributed by atoms with E-state index in [1.54, 1.807) is 40.9 Å². The lowest BCUT2D eigenvalue weighted by Crippen LogP contribution is -2.25. The Hall–Kier alpha value is -2.61. The van der Waals surface area contributed by atoms with Crippen molar-refractivity contribution in [2.45, 2.75) is 45.6 Å². The number of hydrogen-bond donors (Lipinski definition) is 2. The van der Waals surface area contributed by atoms with Crippen molar-refractivity contribution in [3.63, 3.8) is 0 Å². The lowest BCUT2D eigenvalue weighted by molar-refractivity contribution is 0.596. The quantitative estimate of drug-likeness (QED) is 0.538. The molecule has 0 radical (unpaired) electrons. The first-order chi connectivity index (χ1) is 14.4. The zero-order chi connectivity index (χ0) is 21.3. The average Bonchev–Trinajstić information content (AvgIpc) is 3.22. The molecule has 0 bridgehead atoms. The second-order valence-electron chi connectivity index (χ2n) is 8.09. The lowest BCUT2D eigenvalue weighted by atomic mass is 10.0. The van der Waals surface area contributed by atoms with Crippen molar-refractivity contribution in [2.75, 3.05) is 16.2 Å². The van der Waals surface area contributed by atoms with E-state index in [1.807, 2.05) is 13.8 Å². The molecule has 158 valence electrons. The second-order valence-corrected chi connectivity index (χ2v) is 8.92. The minimum atomic E-state index is -0.379. The van der Waals surface area contributed by atoms with E-state index in [9.17, 15) is 9.18 Å². The average molecular weight is 428 g/mol. The number of nitrogens with zero attached hydrogens (tertiary/aromatic N) is 3. The van der Waals surface area contributed by atoms with Crippen LogP contribution in [0.15, 0.2) is 35.3 Å². The van der Waals surface area contributed by atoms with Gasteiger partial charge < -0.3 is 10.5 Å². The van der Waals surface area contributed by atoms with Crippen molar-refractivity contribution in [2.24, 2.45) is 5.92 Å². The summed E-state index contributed by atoms with van der Waals surface area (Å²) in [5.74, 6) is 1.43. The van der Waals surface area contributed by atoms with Gasteiger partial charge in [0.1, 0.15) is 11.5 Å². The number of benzene rings is 1. The van der Waals surface area contributed by atoms with E-state index < -0.39 is 0 Å². The van der Waals surface area contributed by atoms with Crippen molar-refractivity contribution in [3.8, 4) is 11.1 Å². The minimum absolute atomic E-state index is 0.112. The maximum atomic E-state index is 14.8. The molecule has 1 aliphatic rings. The van der Waals surface area contributed by atoms with Crippen molar-refractivity contribution < 1.29 is 4.39 Å². The number of nitrogens with two attached hydrogens (primary N) is 1. The molecule has 0 spiro atoms. The Morgan fingerprint density at radius 1 is 1.30 bits per heavy atom. The van der Waals surface area contributed by atoms with Gasteiger partial charge in [-0.05, 0) is 56.4 Å². The third-order valence-electron chi connectivity index (χ3n) is 5.56. The molecule has 2 heterocycles. The Bertz CT molecular complexity index is 1120. The summed E-state index contributed by atoms with van der Waals surface area (Å²) in [6.45, 7) is 3.80. The predicted molar refractivity (Wildman–Crippen MR) is 122 cm³/mol. The second kappa shape index (κ2) is 8.63. The molecule has 8 heteroatoms. The molecular weight excluding hydrogens is 401 g/mol. The van der Waals surface area contributed by atoms with Gasteiger partial charge in [0.15, 0.2) is 0 Å². The van der Waals surface area contributed by atoms with E-state index in [0.717, 1.165) is 5.75 Å². The van der Waals surface area contributed by atoms with Gasteiger partial charge in [-0.2, -0.15) is 4.98 Å². The van der Waals surface area contributed by atoms with E-state index in [0.29, 0.717) is 33.8 Å². The van der Waals surface area contributed by atoms with Crippen LogP contribution in [0.5, 0.6) is 0 Å². The van der Waals surface area contributed by atoms with Crippen LogP contribution in [0.3, 0.4) is 0 Å². The highest BCUT2D eigenvalue weighted by atomic mass is 32.2. The molecule has 30 heavy (non-hydrogen) atoms. The Labute approximate surface area is 179 Å². The molecule has 0 unspecified atom stereocenters.